The summed E-state index contributed by atoms with van der Waals surface area (Å²) in [6.45, 7) is -0.179. The number of hydrogen-bond acceptors (Lipinski definition) is 6. The van der Waals surface area contributed by atoms with Crippen LogP contribution in [0.1, 0.15) is 40.0 Å². The standard InChI is InChI=1S/C15H12N2O6/c18-11-5-6-12(19)17(11)23-13(20)7-8-16-14(21)9-3-1-2-4-10(9)15(16)22/h1-4H,5-8H2. The van der Waals surface area contributed by atoms with Crippen LogP contribution >= 0.6 is 0 Å². The van der Waals surface area contributed by atoms with Gasteiger partial charge in [0.15, 0.2) is 0 Å². The molecular weight excluding hydrogens is 304 g/mol. The minimum Gasteiger partial charge on any atom is -0.330 e. The maximum Gasteiger partial charge on any atom is 0.335 e. The fraction of sp³-hybridized carbons (Fsp3) is 0.267. The van der Waals surface area contributed by atoms with Crippen molar-refractivity contribution in [3.05, 3.63) is 35.4 Å². The smallest absolute Gasteiger partial charge is 0.330 e. The second-order valence-electron chi connectivity index (χ2n) is 5.10. The number of hydrogen-bond donors (Lipinski definition) is 0. The molecule has 0 aliphatic carbocycles. The Labute approximate surface area is 130 Å². The van der Waals surface area contributed by atoms with Crippen molar-refractivity contribution in [2.75, 3.05) is 6.54 Å². The van der Waals surface area contributed by atoms with Gasteiger partial charge in [-0.15, -0.1) is 5.06 Å². The highest BCUT2D eigenvalue weighted by atomic mass is 16.7. The van der Waals surface area contributed by atoms with Crippen LogP contribution in [0.5, 0.6) is 0 Å². The van der Waals surface area contributed by atoms with E-state index in [0.29, 0.717) is 5.06 Å². The zero-order chi connectivity index (χ0) is 16.6. The van der Waals surface area contributed by atoms with E-state index < -0.39 is 29.6 Å². The summed E-state index contributed by atoms with van der Waals surface area (Å²) in [5.74, 6) is -2.98. The number of rotatable bonds is 4. The van der Waals surface area contributed by atoms with Crippen LogP contribution in [0.25, 0.3) is 0 Å². The fourth-order valence-corrected chi connectivity index (χ4v) is 2.45. The molecule has 0 atom stereocenters. The lowest BCUT2D eigenvalue weighted by atomic mass is 10.1. The van der Waals surface area contributed by atoms with Gasteiger partial charge in [0, 0.05) is 19.4 Å². The first-order valence-corrected chi connectivity index (χ1v) is 7.01. The first-order valence-electron chi connectivity index (χ1n) is 7.01. The number of hydroxylamine groups is 2. The lowest BCUT2D eigenvalue weighted by molar-refractivity contribution is -0.197. The number of fused-ring (bicyclic) bond motifs is 1. The molecule has 0 radical (unpaired) electrons. The number of nitrogens with zero attached hydrogens (tertiary/aromatic N) is 2. The molecule has 0 N–H and O–H groups in total. The monoisotopic (exact) mass is 316 g/mol. The Hall–Kier alpha value is -3.03. The number of carbonyl (C=O) groups excluding carboxylic acids is 5. The van der Waals surface area contributed by atoms with Gasteiger partial charge in [-0.1, -0.05) is 12.1 Å². The van der Waals surface area contributed by atoms with E-state index >= 15 is 0 Å². The SMILES string of the molecule is O=C(CCN1C(=O)c2ccccc2C1=O)ON1C(=O)CCC1=O. The van der Waals surface area contributed by atoms with Crippen molar-refractivity contribution in [3.8, 4) is 0 Å². The molecule has 1 fully saturated rings. The predicted molar refractivity (Wildman–Crippen MR) is 73.6 cm³/mol. The molecule has 2 aliphatic rings. The van der Waals surface area contributed by atoms with E-state index in [1.807, 2.05) is 0 Å². The zero-order valence-corrected chi connectivity index (χ0v) is 12.0. The predicted octanol–water partition coefficient (Wildman–Crippen LogP) is 0.280. The molecule has 3 rings (SSSR count). The first-order chi connectivity index (χ1) is 11.0. The molecule has 2 heterocycles. The van der Waals surface area contributed by atoms with Crippen LogP contribution in [-0.2, 0) is 19.2 Å². The lowest BCUT2D eigenvalue weighted by Gasteiger charge is -2.15. The van der Waals surface area contributed by atoms with Crippen LogP contribution in [0.4, 0.5) is 0 Å². The molecule has 23 heavy (non-hydrogen) atoms. The van der Waals surface area contributed by atoms with E-state index in [-0.39, 0.29) is 36.9 Å². The minimum atomic E-state index is -0.856. The molecule has 8 nitrogen and oxygen atoms in total. The van der Waals surface area contributed by atoms with Crippen LogP contribution in [0.2, 0.25) is 0 Å². The zero-order valence-electron chi connectivity index (χ0n) is 12.0. The van der Waals surface area contributed by atoms with Crippen molar-refractivity contribution >= 4 is 29.6 Å². The summed E-state index contributed by atoms with van der Waals surface area (Å²) in [7, 11) is 0. The van der Waals surface area contributed by atoms with Gasteiger partial charge in [0.2, 0.25) is 0 Å². The third kappa shape index (κ3) is 2.59. The summed E-state index contributed by atoms with van der Waals surface area (Å²) >= 11 is 0. The van der Waals surface area contributed by atoms with Gasteiger partial charge < -0.3 is 4.84 Å². The number of carbonyl (C=O) groups is 5. The van der Waals surface area contributed by atoms with E-state index in [9.17, 15) is 24.0 Å². The molecule has 118 valence electrons. The second kappa shape index (κ2) is 5.64. The highest BCUT2D eigenvalue weighted by molar-refractivity contribution is 6.21. The Balaban J connectivity index is 1.60. The maximum absolute atomic E-state index is 12.1. The molecule has 0 spiro atoms. The topological polar surface area (TPSA) is 101 Å². The highest BCUT2D eigenvalue weighted by Gasteiger charge is 2.36. The molecule has 0 aromatic heterocycles. The molecular formula is C15H12N2O6. The van der Waals surface area contributed by atoms with Crippen molar-refractivity contribution in [2.24, 2.45) is 0 Å². The van der Waals surface area contributed by atoms with E-state index in [2.05, 4.69) is 4.84 Å². The molecule has 1 aromatic rings. The van der Waals surface area contributed by atoms with Crippen LogP contribution in [0.15, 0.2) is 24.3 Å². The number of benzene rings is 1. The third-order valence-electron chi connectivity index (χ3n) is 3.62. The quantitative estimate of drug-likeness (QED) is 0.740. The Morgan fingerprint density at radius 2 is 1.48 bits per heavy atom. The van der Waals surface area contributed by atoms with E-state index in [4.69, 9.17) is 0 Å². The average Bonchev–Trinajstić information content (AvgIpc) is 2.98. The molecule has 0 bridgehead atoms. The van der Waals surface area contributed by atoms with E-state index in [1.165, 1.54) is 12.1 Å². The van der Waals surface area contributed by atoms with Crippen LogP contribution in [-0.4, -0.2) is 46.1 Å². The third-order valence-corrected chi connectivity index (χ3v) is 3.62. The van der Waals surface area contributed by atoms with Crippen molar-refractivity contribution in [1.82, 2.24) is 9.96 Å². The van der Waals surface area contributed by atoms with Crippen molar-refractivity contribution < 1.29 is 28.8 Å². The van der Waals surface area contributed by atoms with Gasteiger partial charge in [-0.25, -0.2) is 4.79 Å². The van der Waals surface area contributed by atoms with Gasteiger partial charge in [0.25, 0.3) is 23.6 Å². The van der Waals surface area contributed by atoms with Crippen LogP contribution in [0, 0.1) is 0 Å². The number of amides is 4. The summed E-state index contributed by atoms with van der Waals surface area (Å²) in [4.78, 5) is 64.2. The van der Waals surface area contributed by atoms with Gasteiger partial charge in [0.1, 0.15) is 0 Å². The summed E-state index contributed by atoms with van der Waals surface area (Å²) in [6.07, 6.45) is -0.294. The molecule has 1 saturated heterocycles. The van der Waals surface area contributed by atoms with E-state index in [1.54, 1.807) is 12.1 Å². The summed E-state index contributed by atoms with van der Waals surface area (Å²) < 4.78 is 0. The second-order valence-corrected chi connectivity index (χ2v) is 5.10. The fourth-order valence-electron chi connectivity index (χ4n) is 2.45. The summed E-state index contributed by atoms with van der Waals surface area (Å²) in [6, 6.07) is 6.36. The molecule has 0 unspecified atom stereocenters. The summed E-state index contributed by atoms with van der Waals surface area (Å²) in [5, 5.41) is 0.435. The molecule has 4 amide bonds. The first kappa shape index (κ1) is 14.9. The highest BCUT2D eigenvalue weighted by Crippen LogP contribution is 2.22. The van der Waals surface area contributed by atoms with E-state index in [0.717, 1.165) is 4.90 Å². The van der Waals surface area contributed by atoms with Gasteiger partial charge in [-0.05, 0) is 12.1 Å². The minimum absolute atomic E-state index is 0.00448. The van der Waals surface area contributed by atoms with Crippen LogP contribution < -0.4 is 0 Å². The van der Waals surface area contributed by atoms with Gasteiger partial charge in [0.05, 0.1) is 17.5 Å². The Bertz CT molecular complexity index is 690. The Kier molecular flexibility index (Phi) is 3.65. The molecule has 1 aromatic carbocycles. The molecule has 2 aliphatic heterocycles. The number of imide groups is 2. The van der Waals surface area contributed by atoms with Gasteiger partial charge in [-0.3, -0.25) is 24.1 Å². The van der Waals surface area contributed by atoms with Crippen molar-refractivity contribution in [2.45, 2.75) is 19.3 Å². The van der Waals surface area contributed by atoms with Crippen molar-refractivity contribution in [3.63, 3.8) is 0 Å². The van der Waals surface area contributed by atoms with Gasteiger partial charge >= 0.3 is 5.97 Å². The Morgan fingerprint density at radius 3 is 2.00 bits per heavy atom. The van der Waals surface area contributed by atoms with Crippen LogP contribution in [0.3, 0.4) is 0 Å². The normalized spacial score (nSPS) is 17.0. The molecule has 8 heteroatoms. The summed E-state index contributed by atoms with van der Waals surface area (Å²) in [5.41, 5.74) is 0.575. The van der Waals surface area contributed by atoms with Gasteiger partial charge in [-0.2, -0.15) is 0 Å². The largest absolute Gasteiger partial charge is 0.335 e. The maximum atomic E-state index is 12.1. The lowest BCUT2D eigenvalue weighted by Crippen LogP contribution is -2.35. The average molecular weight is 316 g/mol. The molecule has 0 saturated carbocycles. The Morgan fingerprint density at radius 1 is 0.957 bits per heavy atom. The van der Waals surface area contributed by atoms with Crippen molar-refractivity contribution in [1.29, 1.82) is 0 Å².